The Morgan fingerprint density at radius 3 is 3.08 bits per heavy atom. The van der Waals surface area contributed by atoms with Gasteiger partial charge in [-0.2, -0.15) is 0 Å². The Bertz CT molecular complexity index is 343. The zero-order valence-corrected chi connectivity index (χ0v) is 7.29. The molecule has 12 heavy (non-hydrogen) atoms. The predicted molar refractivity (Wildman–Crippen MR) is 46.2 cm³/mol. The first-order valence-electron chi connectivity index (χ1n) is 3.98. The number of rotatable bonds is 2. The summed E-state index contributed by atoms with van der Waals surface area (Å²) in [7, 11) is 0. The molecule has 1 aromatic rings. The van der Waals surface area contributed by atoms with Gasteiger partial charge < -0.3 is 4.57 Å². The quantitative estimate of drug-likeness (QED) is 0.695. The van der Waals surface area contributed by atoms with Crippen LogP contribution in [-0.2, 0) is 6.54 Å². The third-order valence-electron chi connectivity index (χ3n) is 2.02. The molecule has 1 aromatic heterocycles. The van der Waals surface area contributed by atoms with Crippen molar-refractivity contribution in [1.29, 1.82) is 0 Å². The standard InChI is InChI=1S/C8H9ClN2O/c9-7-8(12)11(4-3-10-7)5-6-1-2-6/h3-4,6H,1-2,5H2. The summed E-state index contributed by atoms with van der Waals surface area (Å²) in [6, 6.07) is 0. The summed E-state index contributed by atoms with van der Waals surface area (Å²) < 4.78 is 1.63. The fraction of sp³-hybridized carbons (Fsp3) is 0.500. The first-order valence-corrected chi connectivity index (χ1v) is 4.36. The number of nitrogens with zero attached hydrogens (tertiary/aromatic N) is 2. The van der Waals surface area contributed by atoms with Gasteiger partial charge in [0.2, 0.25) is 0 Å². The fourth-order valence-corrected chi connectivity index (χ4v) is 1.31. The van der Waals surface area contributed by atoms with Crippen LogP contribution >= 0.6 is 11.6 Å². The summed E-state index contributed by atoms with van der Waals surface area (Å²) in [6.45, 7) is 0.793. The summed E-state index contributed by atoms with van der Waals surface area (Å²) in [5, 5.41) is 0.0677. The minimum Gasteiger partial charge on any atom is -0.311 e. The zero-order valence-electron chi connectivity index (χ0n) is 6.53. The highest BCUT2D eigenvalue weighted by Gasteiger charge is 2.22. The van der Waals surface area contributed by atoms with Crippen LogP contribution in [0.1, 0.15) is 12.8 Å². The summed E-state index contributed by atoms with van der Waals surface area (Å²) in [5.41, 5.74) is -0.175. The molecule has 0 aliphatic heterocycles. The molecule has 0 atom stereocenters. The number of aromatic nitrogens is 2. The second-order valence-electron chi connectivity index (χ2n) is 3.12. The van der Waals surface area contributed by atoms with Gasteiger partial charge in [-0.05, 0) is 18.8 Å². The normalized spacial score (nSPS) is 16.4. The molecule has 0 unspecified atom stereocenters. The lowest BCUT2D eigenvalue weighted by atomic mass is 10.4. The van der Waals surface area contributed by atoms with Crippen molar-refractivity contribution in [3.8, 4) is 0 Å². The molecule has 0 saturated heterocycles. The van der Waals surface area contributed by atoms with E-state index in [0.29, 0.717) is 5.92 Å². The third-order valence-corrected chi connectivity index (χ3v) is 2.28. The van der Waals surface area contributed by atoms with Crippen LogP contribution in [0, 0.1) is 5.92 Å². The average Bonchev–Trinajstić information content (AvgIpc) is 2.83. The number of hydrogen-bond donors (Lipinski definition) is 0. The molecule has 3 nitrogen and oxygen atoms in total. The van der Waals surface area contributed by atoms with Crippen molar-refractivity contribution in [2.45, 2.75) is 19.4 Å². The lowest BCUT2D eigenvalue weighted by Gasteiger charge is -2.02. The van der Waals surface area contributed by atoms with Crippen LogP contribution in [0.25, 0.3) is 0 Å². The van der Waals surface area contributed by atoms with Crippen molar-refractivity contribution in [1.82, 2.24) is 9.55 Å². The molecule has 4 heteroatoms. The van der Waals surface area contributed by atoms with Gasteiger partial charge in [-0.25, -0.2) is 4.98 Å². The van der Waals surface area contributed by atoms with Crippen LogP contribution in [0.4, 0.5) is 0 Å². The summed E-state index contributed by atoms with van der Waals surface area (Å²) in [6.07, 6.45) is 5.71. The zero-order chi connectivity index (χ0) is 8.55. The smallest absolute Gasteiger partial charge is 0.288 e. The van der Waals surface area contributed by atoms with E-state index in [1.165, 1.54) is 12.8 Å². The molecule has 0 amide bonds. The number of halogens is 1. The van der Waals surface area contributed by atoms with Gasteiger partial charge in [-0.3, -0.25) is 4.79 Å². The monoisotopic (exact) mass is 184 g/mol. The molecule has 64 valence electrons. The topological polar surface area (TPSA) is 34.9 Å². The molecule has 1 heterocycles. The second kappa shape index (κ2) is 2.90. The van der Waals surface area contributed by atoms with Gasteiger partial charge in [-0.1, -0.05) is 11.6 Å². The molecule has 0 spiro atoms. The Balaban J connectivity index is 2.29. The first kappa shape index (κ1) is 7.80. The van der Waals surface area contributed by atoms with Crippen molar-refractivity contribution in [2.75, 3.05) is 0 Å². The van der Waals surface area contributed by atoms with Gasteiger partial charge >= 0.3 is 0 Å². The lowest BCUT2D eigenvalue weighted by Crippen LogP contribution is -2.21. The van der Waals surface area contributed by atoms with Crippen molar-refractivity contribution in [3.63, 3.8) is 0 Å². The van der Waals surface area contributed by atoms with Gasteiger partial charge in [0.05, 0.1) is 0 Å². The van der Waals surface area contributed by atoms with Crippen LogP contribution in [-0.4, -0.2) is 9.55 Å². The Morgan fingerprint density at radius 1 is 1.67 bits per heavy atom. The highest BCUT2D eigenvalue weighted by atomic mass is 35.5. The molecular weight excluding hydrogens is 176 g/mol. The molecule has 1 saturated carbocycles. The molecule has 1 aliphatic rings. The first-order chi connectivity index (χ1) is 5.77. The summed E-state index contributed by atoms with van der Waals surface area (Å²) >= 11 is 5.57. The van der Waals surface area contributed by atoms with Crippen molar-refractivity contribution in [3.05, 3.63) is 27.9 Å². The Kier molecular flexibility index (Phi) is 1.89. The van der Waals surface area contributed by atoms with Crippen LogP contribution < -0.4 is 5.56 Å². The molecule has 2 rings (SSSR count). The largest absolute Gasteiger partial charge is 0.311 e. The van der Waals surface area contributed by atoms with Gasteiger partial charge in [0.1, 0.15) is 0 Å². The van der Waals surface area contributed by atoms with Gasteiger partial charge in [-0.15, -0.1) is 0 Å². The Morgan fingerprint density at radius 2 is 2.42 bits per heavy atom. The van der Waals surface area contributed by atoms with Crippen LogP contribution in [0.5, 0.6) is 0 Å². The molecule has 0 bridgehead atoms. The predicted octanol–water partition coefficient (Wildman–Crippen LogP) is 1.31. The SMILES string of the molecule is O=c1c(Cl)nccn1CC1CC1. The Labute approximate surface area is 75.0 Å². The van der Waals surface area contributed by atoms with Crippen LogP contribution in [0.3, 0.4) is 0 Å². The third kappa shape index (κ3) is 1.50. The van der Waals surface area contributed by atoms with Gasteiger partial charge in [0.15, 0.2) is 5.15 Å². The van der Waals surface area contributed by atoms with E-state index in [-0.39, 0.29) is 10.7 Å². The van der Waals surface area contributed by atoms with E-state index < -0.39 is 0 Å². The molecule has 1 aliphatic carbocycles. The molecule has 0 radical (unpaired) electrons. The molecule has 1 fully saturated rings. The maximum Gasteiger partial charge on any atom is 0.288 e. The summed E-state index contributed by atoms with van der Waals surface area (Å²) in [5.74, 6) is 0.682. The number of hydrogen-bond acceptors (Lipinski definition) is 2. The van der Waals surface area contributed by atoms with Crippen molar-refractivity contribution >= 4 is 11.6 Å². The minimum atomic E-state index is -0.175. The minimum absolute atomic E-state index is 0.0677. The maximum absolute atomic E-state index is 11.3. The molecular formula is C8H9ClN2O. The van der Waals surface area contributed by atoms with E-state index in [2.05, 4.69) is 4.98 Å². The summed E-state index contributed by atoms with van der Waals surface area (Å²) in [4.78, 5) is 15.0. The van der Waals surface area contributed by atoms with Crippen molar-refractivity contribution < 1.29 is 0 Å². The van der Waals surface area contributed by atoms with Gasteiger partial charge in [0.25, 0.3) is 5.56 Å². The molecule has 0 N–H and O–H groups in total. The Hall–Kier alpha value is -0.830. The van der Waals surface area contributed by atoms with E-state index in [1.807, 2.05) is 0 Å². The van der Waals surface area contributed by atoms with E-state index in [4.69, 9.17) is 11.6 Å². The van der Waals surface area contributed by atoms with E-state index in [9.17, 15) is 4.79 Å². The van der Waals surface area contributed by atoms with E-state index in [1.54, 1.807) is 17.0 Å². The van der Waals surface area contributed by atoms with Crippen LogP contribution in [0.2, 0.25) is 5.15 Å². The average molecular weight is 185 g/mol. The molecule has 0 aromatic carbocycles. The maximum atomic E-state index is 11.3. The highest BCUT2D eigenvalue weighted by molar-refractivity contribution is 6.29. The van der Waals surface area contributed by atoms with E-state index in [0.717, 1.165) is 6.54 Å². The fourth-order valence-electron chi connectivity index (χ4n) is 1.14. The lowest BCUT2D eigenvalue weighted by molar-refractivity contribution is 0.602. The van der Waals surface area contributed by atoms with E-state index >= 15 is 0 Å². The van der Waals surface area contributed by atoms with Crippen LogP contribution in [0.15, 0.2) is 17.2 Å². The van der Waals surface area contributed by atoms with Gasteiger partial charge in [0, 0.05) is 18.9 Å². The van der Waals surface area contributed by atoms with Crippen molar-refractivity contribution in [2.24, 2.45) is 5.92 Å². The highest BCUT2D eigenvalue weighted by Crippen LogP contribution is 2.29. The second-order valence-corrected chi connectivity index (χ2v) is 3.48.